The number of hydrogen-bond acceptors (Lipinski definition) is 2. The molecule has 0 amide bonds. The molecule has 1 aromatic heterocycles. The molecule has 15 rings (SSSR count). The standard InChI is InChI=1S/C85H61N3/c1-60-80(71-44-54-85-83(58-71)82-57-70(65-29-16-6-17-30-65)43-53-84(82)88(85)73-31-18-7-19-32-73)33-20-34-81(60)72-55-78(86(74-45-35-66(36-46-74)61-21-8-2-9-22-61)75-47-37-67(38-48-75)62-23-10-3-11-24-62)59-79(56-72)87(76-49-39-68(40-50-76)63-25-12-4-13-26-63)77-51-41-69(42-52-77)64-27-14-5-15-28-64/h2-59H,1H3. The number of aromatic nitrogens is 1. The molecule has 0 unspecified atom stereocenters. The maximum absolute atomic E-state index is 2.42. The average Bonchev–Trinajstić information content (AvgIpc) is 3.42. The third kappa shape index (κ3) is 10.4. The predicted octanol–water partition coefficient (Wildman–Crippen LogP) is 23.7. The average molecular weight is 1120 g/mol. The van der Waals surface area contributed by atoms with Gasteiger partial charge < -0.3 is 14.4 Å². The third-order valence-corrected chi connectivity index (χ3v) is 17.2. The SMILES string of the molecule is Cc1c(-c2cc(N(c3ccc(-c4ccccc4)cc3)c3ccc(-c4ccccc4)cc3)cc(N(c3ccc(-c4ccccc4)cc3)c3ccc(-c4ccccc4)cc3)c2)cccc1-c1ccc2c(c1)c1cc(-c3ccccc3)ccc1n2-c1ccccc1. The highest BCUT2D eigenvalue weighted by Crippen LogP contribution is 2.47. The molecule has 0 fully saturated rings. The fraction of sp³-hybridized carbons (Fsp3) is 0.0118. The summed E-state index contributed by atoms with van der Waals surface area (Å²) < 4.78 is 2.41. The Labute approximate surface area is 515 Å². The Kier molecular flexibility index (Phi) is 14.2. The van der Waals surface area contributed by atoms with Gasteiger partial charge in [0.1, 0.15) is 0 Å². The van der Waals surface area contributed by atoms with Crippen molar-refractivity contribution in [3.8, 4) is 83.6 Å². The molecule has 0 saturated carbocycles. The van der Waals surface area contributed by atoms with Crippen molar-refractivity contribution in [1.29, 1.82) is 0 Å². The van der Waals surface area contributed by atoms with Crippen molar-refractivity contribution in [2.45, 2.75) is 6.92 Å². The zero-order valence-corrected chi connectivity index (χ0v) is 48.8. The van der Waals surface area contributed by atoms with E-state index in [0.29, 0.717) is 0 Å². The molecule has 0 N–H and O–H groups in total. The van der Waals surface area contributed by atoms with E-state index in [1.54, 1.807) is 0 Å². The fourth-order valence-electron chi connectivity index (χ4n) is 12.8. The van der Waals surface area contributed by atoms with E-state index in [0.717, 1.165) is 78.8 Å². The van der Waals surface area contributed by atoms with Crippen LogP contribution in [0.15, 0.2) is 352 Å². The van der Waals surface area contributed by atoms with Crippen LogP contribution in [0.4, 0.5) is 34.1 Å². The summed E-state index contributed by atoms with van der Waals surface area (Å²) in [5.74, 6) is 0. The number of hydrogen-bond donors (Lipinski definition) is 0. The van der Waals surface area contributed by atoms with E-state index in [9.17, 15) is 0 Å². The first kappa shape index (κ1) is 53.2. The van der Waals surface area contributed by atoms with Gasteiger partial charge in [-0.25, -0.2) is 0 Å². The maximum Gasteiger partial charge on any atom is 0.0541 e. The first-order chi connectivity index (χ1) is 43.5. The summed E-state index contributed by atoms with van der Waals surface area (Å²) in [4.78, 5) is 4.84. The Hall–Kier alpha value is -11.5. The molecule has 0 atom stereocenters. The van der Waals surface area contributed by atoms with Gasteiger partial charge in [-0.3, -0.25) is 0 Å². The number of anilines is 6. The van der Waals surface area contributed by atoms with Gasteiger partial charge in [0.25, 0.3) is 0 Å². The van der Waals surface area contributed by atoms with Crippen LogP contribution in [0.25, 0.3) is 105 Å². The lowest BCUT2D eigenvalue weighted by atomic mass is 9.91. The van der Waals surface area contributed by atoms with Crippen molar-refractivity contribution in [3.63, 3.8) is 0 Å². The normalized spacial score (nSPS) is 11.2. The van der Waals surface area contributed by atoms with Crippen molar-refractivity contribution in [2.24, 2.45) is 0 Å². The summed E-state index contributed by atoms with van der Waals surface area (Å²) in [6, 6.07) is 128. The monoisotopic (exact) mass is 1120 g/mol. The molecule has 0 aliphatic heterocycles. The molecule has 15 aromatic rings. The number of rotatable bonds is 14. The van der Waals surface area contributed by atoms with Crippen LogP contribution >= 0.6 is 0 Å². The van der Waals surface area contributed by atoms with Gasteiger partial charge in [-0.15, -0.1) is 0 Å². The van der Waals surface area contributed by atoms with Crippen molar-refractivity contribution in [2.75, 3.05) is 9.80 Å². The molecule has 3 heteroatoms. The van der Waals surface area contributed by atoms with Crippen LogP contribution in [0.2, 0.25) is 0 Å². The van der Waals surface area contributed by atoms with Crippen molar-refractivity contribution >= 4 is 55.9 Å². The van der Waals surface area contributed by atoms with E-state index >= 15 is 0 Å². The topological polar surface area (TPSA) is 11.4 Å². The van der Waals surface area contributed by atoms with E-state index in [4.69, 9.17) is 0 Å². The molecule has 0 aliphatic rings. The minimum absolute atomic E-state index is 1.02. The van der Waals surface area contributed by atoms with Crippen molar-refractivity contribution in [1.82, 2.24) is 4.57 Å². The van der Waals surface area contributed by atoms with Crippen LogP contribution in [-0.2, 0) is 0 Å². The Morgan fingerprint density at radius 3 is 0.852 bits per heavy atom. The highest BCUT2D eigenvalue weighted by molar-refractivity contribution is 6.12. The molecular weight excluding hydrogens is 1060 g/mol. The summed E-state index contributed by atoms with van der Waals surface area (Å²) in [6.45, 7) is 2.30. The van der Waals surface area contributed by atoms with Gasteiger partial charge in [-0.1, -0.05) is 249 Å². The van der Waals surface area contributed by atoms with Gasteiger partial charge in [0, 0.05) is 50.6 Å². The quantitative estimate of drug-likeness (QED) is 0.108. The second-order valence-electron chi connectivity index (χ2n) is 22.5. The number of benzene rings is 14. The molecule has 0 spiro atoms. The van der Waals surface area contributed by atoms with Gasteiger partial charge >= 0.3 is 0 Å². The Balaban J connectivity index is 0.938. The van der Waals surface area contributed by atoms with Crippen LogP contribution in [0.1, 0.15) is 5.56 Å². The summed E-state index contributed by atoms with van der Waals surface area (Å²) >= 11 is 0. The second-order valence-corrected chi connectivity index (χ2v) is 22.5. The van der Waals surface area contributed by atoms with Gasteiger partial charge in [-0.2, -0.15) is 0 Å². The minimum atomic E-state index is 1.02. The van der Waals surface area contributed by atoms with Crippen LogP contribution < -0.4 is 9.80 Å². The predicted molar refractivity (Wildman–Crippen MR) is 373 cm³/mol. The first-order valence-corrected chi connectivity index (χ1v) is 30.2. The van der Waals surface area contributed by atoms with Crippen LogP contribution in [0.5, 0.6) is 0 Å². The molecule has 416 valence electrons. The molecule has 0 saturated heterocycles. The summed E-state index contributed by atoms with van der Waals surface area (Å²) in [5, 5.41) is 2.43. The van der Waals surface area contributed by atoms with Crippen LogP contribution in [0.3, 0.4) is 0 Å². The van der Waals surface area contributed by atoms with E-state index in [2.05, 4.69) is 373 Å². The lowest BCUT2D eigenvalue weighted by Crippen LogP contribution is -2.14. The summed E-state index contributed by atoms with van der Waals surface area (Å²) in [6.07, 6.45) is 0. The highest BCUT2D eigenvalue weighted by Gasteiger charge is 2.23. The van der Waals surface area contributed by atoms with Crippen molar-refractivity contribution < 1.29 is 0 Å². The Bertz CT molecular complexity index is 4540. The number of nitrogens with zero attached hydrogens (tertiary/aromatic N) is 3. The molecule has 88 heavy (non-hydrogen) atoms. The van der Waals surface area contributed by atoms with Crippen LogP contribution in [-0.4, -0.2) is 4.57 Å². The van der Waals surface area contributed by atoms with Crippen molar-refractivity contribution in [3.05, 3.63) is 357 Å². The Morgan fingerprint density at radius 2 is 0.489 bits per heavy atom. The molecule has 3 nitrogen and oxygen atoms in total. The highest BCUT2D eigenvalue weighted by atomic mass is 15.2. The van der Waals surface area contributed by atoms with E-state index in [1.807, 2.05) is 0 Å². The zero-order chi connectivity index (χ0) is 58.8. The third-order valence-electron chi connectivity index (χ3n) is 17.2. The van der Waals surface area contributed by atoms with Gasteiger partial charge in [0.15, 0.2) is 0 Å². The fourth-order valence-corrected chi connectivity index (χ4v) is 12.8. The molecule has 0 radical (unpaired) electrons. The van der Waals surface area contributed by atoms with Gasteiger partial charge in [-0.05, 0) is 194 Å². The minimum Gasteiger partial charge on any atom is -0.310 e. The van der Waals surface area contributed by atoms with E-state index < -0.39 is 0 Å². The van der Waals surface area contributed by atoms with Gasteiger partial charge in [0.2, 0.25) is 0 Å². The molecule has 0 aliphatic carbocycles. The maximum atomic E-state index is 2.42. The zero-order valence-electron chi connectivity index (χ0n) is 48.8. The van der Waals surface area contributed by atoms with E-state index in [1.165, 1.54) is 66.3 Å². The summed E-state index contributed by atoms with van der Waals surface area (Å²) in [5.41, 5.74) is 27.3. The summed E-state index contributed by atoms with van der Waals surface area (Å²) in [7, 11) is 0. The smallest absolute Gasteiger partial charge is 0.0541 e. The van der Waals surface area contributed by atoms with E-state index in [-0.39, 0.29) is 0 Å². The molecular formula is C85H61N3. The van der Waals surface area contributed by atoms with Crippen LogP contribution in [0, 0.1) is 6.92 Å². The second kappa shape index (κ2) is 23.5. The lowest BCUT2D eigenvalue weighted by Gasteiger charge is -2.31. The first-order valence-electron chi connectivity index (χ1n) is 30.2. The largest absolute Gasteiger partial charge is 0.310 e. The number of fused-ring (bicyclic) bond motifs is 3. The Morgan fingerprint density at radius 1 is 0.205 bits per heavy atom. The molecule has 0 bridgehead atoms. The molecule has 14 aromatic carbocycles. The lowest BCUT2D eigenvalue weighted by molar-refractivity contribution is 1.18. The number of para-hydroxylation sites is 1. The van der Waals surface area contributed by atoms with Gasteiger partial charge in [0.05, 0.1) is 11.0 Å². The molecule has 1 heterocycles.